The maximum atomic E-state index is 2.78. The molecule has 10 aromatic rings. The first-order valence-electron chi connectivity index (χ1n) is 26.8. The number of aromatic nitrogens is 2. The third kappa shape index (κ3) is 5.53. The molecule has 1 aliphatic carbocycles. The summed E-state index contributed by atoms with van der Waals surface area (Å²) in [5.74, 6) is 0.710. The Morgan fingerprint density at radius 3 is 1.51 bits per heavy atom. The molecule has 354 valence electrons. The highest BCUT2D eigenvalue weighted by atomic mass is 15.1. The van der Waals surface area contributed by atoms with Gasteiger partial charge in [0.25, 0.3) is 6.71 Å². The van der Waals surface area contributed by atoms with E-state index in [1.807, 2.05) is 0 Å². The average Bonchev–Trinajstić information content (AvgIpc) is 3.98. The molecule has 2 aromatic heterocycles. The fraction of sp³-hybridized carbons (Fsp3) is 0.275. The molecule has 5 heterocycles. The Labute approximate surface area is 426 Å². The zero-order valence-electron chi connectivity index (χ0n) is 44.5. The molecule has 72 heavy (non-hydrogen) atoms. The van der Waals surface area contributed by atoms with Crippen LogP contribution in [-0.2, 0) is 21.7 Å². The molecule has 1 spiro atoms. The summed E-state index contributed by atoms with van der Waals surface area (Å²) >= 11 is 0. The first-order chi connectivity index (χ1) is 34.3. The average molecular weight is 933 g/mol. The molecule has 3 aliphatic heterocycles. The lowest BCUT2D eigenvalue weighted by Crippen LogP contribution is -2.60. The molecule has 4 aliphatic rings. The SMILES string of the molecule is CC(C)c1cc2c3c(c1)c1cc(C(C)C)cc4c1n3-c1c(ccc3c1B2c1cc(C(C)(C)C)cc2c(-c5ccc(C(C)(C)C)cc5)c(-c5ccc(C(C)(C)C)cc5)n-3c12)C41c2ccccc2-c2ccccc21. The number of hydrogen-bond donors (Lipinski definition) is 0. The van der Waals surface area contributed by atoms with Crippen molar-refractivity contribution in [3.05, 3.63) is 196 Å². The minimum absolute atomic E-state index is 0.00227. The number of benzene rings is 8. The minimum atomic E-state index is -0.529. The van der Waals surface area contributed by atoms with E-state index >= 15 is 0 Å². The van der Waals surface area contributed by atoms with E-state index in [1.54, 1.807) is 0 Å². The van der Waals surface area contributed by atoms with Crippen LogP contribution in [0.4, 0.5) is 0 Å². The number of fused-ring (bicyclic) bond motifs is 11. The maximum absolute atomic E-state index is 2.78. The summed E-state index contributed by atoms with van der Waals surface area (Å²) in [6, 6.07) is 58.6. The second kappa shape index (κ2) is 14.2. The van der Waals surface area contributed by atoms with Crippen LogP contribution in [0.25, 0.3) is 77.6 Å². The zero-order valence-corrected chi connectivity index (χ0v) is 44.5. The smallest absolute Gasteiger partial charge is 0.252 e. The molecule has 0 atom stereocenters. The van der Waals surface area contributed by atoms with Crippen LogP contribution >= 0.6 is 0 Å². The highest BCUT2D eigenvalue weighted by Gasteiger charge is 2.54. The second-order valence-electron chi connectivity index (χ2n) is 25.7. The first-order valence-corrected chi connectivity index (χ1v) is 26.8. The molecular weight excluding hydrogens is 868 g/mol. The minimum Gasteiger partial charge on any atom is -0.310 e. The molecule has 8 aromatic carbocycles. The predicted octanol–water partition coefficient (Wildman–Crippen LogP) is 16.0. The van der Waals surface area contributed by atoms with Crippen molar-refractivity contribution in [2.24, 2.45) is 0 Å². The van der Waals surface area contributed by atoms with Gasteiger partial charge in [0.1, 0.15) is 0 Å². The molecule has 14 rings (SSSR count). The molecule has 0 unspecified atom stereocenters. The molecule has 0 fully saturated rings. The van der Waals surface area contributed by atoms with Crippen LogP contribution in [0.15, 0.2) is 146 Å². The van der Waals surface area contributed by atoms with Crippen LogP contribution < -0.4 is 16.4 Å². The lowest BCUT2D eigenvalue weighted by atomic mass is 9.33. The second-order valence-corrected chi connectivity index (χ2v) is 25.7. The summed E-state index contributed by atoms with van der Waals surface area (Å²) < 4.78 is 5.52. The molecule has 0 saturated carbocycles. The van der Waals surface area contributed by atoms with Gasteiger partial charge in [0.05, 0.1) is 16.6 Å². The van der Waals surface area contributed by atoms with Gasteiger partial charge in [-0.25, -0.2) is 0 Å². The van der Waals surface area contributed by atoms with Gasteiger partial charge in [0.2, 0.25) is 0 Å². The Morgan fingerprint density at radius 1 is 0.431 bits per heavy atom. The van der Waals surface area contributed by atoms with Crippen molar-refractivity contribution in [1.82, 2.24) is 9.13 Å². The van der Waals surface area contributed by atoms with Gasteiger partial charge in [-0.05, 0) is 141 Å². The van der Waals surface area contributed by atoms with Gasteiger partial charge in [-0.15, -0.1) is 0 Å². The first kappa shape index (κ1) is 43.9. The zero-order chi connectivity index (χ0) is 49.9. The van der Waals surface area contributed by atoms with Crippen molar-refractivity contribution in [1.29, 1.82) is 0 Å². The number of hydrogen-bond acceptors (Lipinski definition) is 0. The largest absolute Gasteiger partial charge is 0.310 e. The van der Waals surface area contributed by atoms with Gasteiger partial charge >= 0.3 is 0 Å². The lowest BCUT2D eigenvalue weighted by molar-refractivity contribution is 0.590. The summed E-state index contributed by atoms with van der Waals surface area (Å²) in [7, 11) is 0. The van der Waals surface area contributed by atoms with E-state index in [2.05, 4.69) is 245 Å². The monoisotopic (exact) mass is 933 g/mol. The summed E-state index contributed by atoms with van der Waals surface area (Å²) in [6.07, 6.45) is 0. The van der Waals surface area contributed by atoms with Gasteiger partial charge in [-0.3, -0.25) is 0 Å². The van der Waals surface area contributed by atoms with E-state index in [1.165, 1.54) is 144 Å². The summed E-state index contributed by atoms with van der Waals surface area (Å²) in [5.41, 5.74) is 30.7. The van der Waals surface area contributed by atoms with E-state index < -0.39 is 5.41 Å². The molecule has 3 heteroatoms. The van der Waals surface area contributed by atoms with Crippen LogP contribution in [0.1, 0.15) is 152 Å². The van der Waals surface area contributed by atoms with E-state index in [0.717, 1.165) is 0 Å². The summed E-state index contributed by atoms with van der Waals surface area (Å²) in [4.78, 5) is 0. The third-order valence-electron chi connectivity index (χ3n) is 17.7. The van der Waals surface area contributed by atoms with Crippen molar-refractivity contribution in [2.75, 3.05) is 0 Å². The lowest BCUT2D eigenvalue weighted by Gasteiger charge is -2.44. The molecule has 0 amide bonds. The van der Waals surface area contributed by atoms with Crippen molar-refractivity contribution < 1.29 is 0 Å². The third-order valence-corrected chi connectivity index (χ3v) is 17.7. The van der Waals surface area contributed by atoms with Gasteiger partial charge < -0.3 is 9.13 Å². The van der Waals surface area contributed by atoms with Crippen LogP contribution in [0.2, 0.25) is 0 Å². The van der Waals surface area contributed by atoms with Gasteiger partial charge in [0.15, 0.2) is 0 Å². The van der Waals surface area contributed by atoms with Crippen molar-refractivity contribution in [2.45, 2.75) is 124 Å². The molecular formula is C69H65BN2. The van der Waals surface area contributed by atoms with Gasteiger partial charge in [-0.1, -0.05) is 211 Å². The van der Waals surface area contributed by atoms with E-state index in [0.29, 0.717) is 11.8 Å². The molecule has 0 N–H and O–H groups in total. The van der Waals surface area contributed by atoms with E-state index in [-0.39, 0.29) is 23.0 Å². The highest BCUT2D eigenvalue weighted by molar-refractivity contribution is 7.00. The molecule has 0 radical (unpaired) electrons. The van der Waals surface area contributed by atoms with E-state index in [9.17, 15) is 0 Å². The topological polar surface area (TPSA) is 9.86 Å². The molecule has 0 saturated heterocycles. The Bertz CT molecular complexity index is 3970. The Morgan fingerprint density at radius 2 is 0.944 bits per heavy atom. The normalized spacial score (nSPS) is 14.8. The molecule has 2 nitrogen and oxygen atoms in total. The Kier molecular flexibility index (Phi) is 8.67. The quantitative estimate of drug-likeness (QED) is 0.156. The van der Waals surface area contributed by atoms with Gasteiger partial charge in [-0.2, -0.15) is 0 Å². The van der Waals surface area contributed by atoms with E-state index in [4.69, 9.17) is 0 Å². The van der Waals surface area contributed by atoms with Crippen molar-refractivity contribution in [3.63, 3.8) is 0 Å². The number of nitrogens with zero attached hydrogens (tertiary/aromatic N) is 2. The predicted molar refractivity (Wildman–Crippen MR) is 308 cm³/mol. The van der Waals surface area contributed by atoms with Crippen LogP contribution in [0.5, 0.6) is 0 Å². The standard InChI is InChI=1S/C69H65BN2/c1-38(2)42-32-49-50-33-43(39(3)4)35-56-63(50)72-62(49)55(34-42)69(52-20-16-14-18-47(52)48-19-15-17-21-53(48)69)54-30-31-58-60(65(54)72)70(56)57-37-46(68(11,12)13)36-51-59(40-22-26-44(27-23-40)66(5,6)7)61(71(58)64(51)57)41-24-28-45(29-25-41)67(8,9)10/h14-39H,1-13H3. The Balaban J connectivity index is 1.22. The summed E-state index contributed by atoms with van der Waals surface area (Å²) in [6.45, 7) is 30.7. The van der Waals surface area contributed by atoms with Crippen molar-refractivity contribution >= 4 is 55.8 Å². The van der Waals surface area contributed by atoms with Crippen LogP contribution in [0.3, 0.4) is 0 Å². The van der Waals surface area contributed by atoms with Crippen molar-refractivity contribution in [3.8, 4) is 44.9 Å². The van der Waals surface area contributed by atoms with Crippen LogP contribution in [-0.4, -0.2) is 15.8 Å². The molecule has 0 bridgehead atoms. The fourth-order valence-corrected chi connectivity index (χ4v) is 14.0. The fourth-order valence-electron chi connectivity index (χ4n) is 14.0. The number of rotatable bonds is 4. The highest BCUT2D eigenvalue weighted by Crippen LogP contribution is 2.62. The summed E-state index contributed by atoms with van der Waals surface area (Å²) in [5, 5.41) is 4.10. The van der Waals surface area contributed by atoms with Crippen LogP contribution in [0, 0.1) is 0 Å². The maximum Gasteiger partial charge on any atom is 0.252 e. The van der Waals surface area contributed by atoms with Gasteiger partial charge in [0, 0.05) is 44.1 Å². The Hall–Kier alpha value is -6.84.